The van der Waals surface area contributed by atoms with E-state index < -0.39 is 10.0 Å². The van der Waals surface area contributed by atoms with Gasteiger partial charge in [-0.05, 0) is 51.1 Å². The summed E-state index contributed by atoms with van der Waals surface area (Å²) in [5.41, 5.74) is 1.38. The van der Waals surface area contributed by atoms with Crippen molar-refractivity contribution in [2.45, 2.75) is 44.6 Å². The van der Waals surface area contributed by atoms with E-state index in [2.05, 4.69) is 10.2 Å². The van der Waals surface area contributed by atoms with Crippen molar-refractivity contribution < 1.29 is 13.2 Å². The van der Waals surface area contributed by atoms with Crippen LogP contribution in [0.5, 0.6) is 0 Å². The molecule has 1 aromatic rings. The average molecular weight is 353 g/mol. The molecule has 0 radical (unpaired) electrons. The number of nitrogens with one attached hydrogen (secondary N) is 1. The summed E-state index contributed by atoms with van der Waals surface area (Å²) in [6.07, 6.45) is 1.59. The van der Waals surface area contributed by atoms with Gasteiger partial charge in [0, 0.05) is 31.7 Å². The summed E-state index contributed by atoms with van der Waals surface area (Å²) in [5, 5.41) is 2.70. The lowest BCUT2D eigenvalue weighted by molar-refractivity contribution is -0.114. The van der Waals surface area contributed by atoms with E-state index in [0.717, 1.165) is 31.5 Å². The molecule has 0 aliphatic carbocycles. The molecule has 1 aliphatic rings. The molecule has 0 saturated carbocycles. The first-order valence-electron chi connectivity index (χ1n) is 8.34. The maximum Gasteiger partial charge on any atom is 0.243 e. The number of amides is 1. The number of hydrogen-bond donors (Lipinski definition) is 1. The van der Waals surface area contributed by atoms with Crippen molar-refractivity contribution >= 4 is 21.6 Å². The van der Waals surface area contributed by atoms with Crippen molar-refractivity contribution in [3.8, 4) is 0 Å². The van der Waals surface area contributed by atoms with E-state index in [1.807, 2.05) is 20.9 Å². The van der Waals surface area contributed by atoms with Crippen molar-refractivity contribution in [3.63, 3.8) is 0 Å². The van der Waals surface area contributed by atoms with Gasteiger partial charge in [0.05, 0.1) is 4.90 Å². The molecule has 0 bridgehead atoms. The third-order valence-electron chi connectivity index (χ3n) is 4.45. The maximum absolute atomic E-state index is 13.2. The van der Waals surface area contributed by atoms with Crippen LogP contribution < -0.4 is 5.32 Å². The average Bonchev–Trinajstić information content (AvgIpc) is 2.70. The first-order chi connectivity index (χ1) is 11.3. The Morgan fingerprint density at radius 1 is 1.33 bits per heavy atom. The van der Waals surface area contributed by atoms with E-state index >= 15 is 0 Å². The van der Waals surface area contributed by atoms with Crippen LogP contribution >= 0.6 is 0 Å². The fourth-order valence-electron chi connectivity index (χ4n) is 3.09. The molecule has 1 heterocycles. The molecule has 7 heteroatoms. The second-order valence-electron chi connectivity index (χ2n) is 6.45. The molecule has 2 rings (SSSR count). The Labute approximate surface area is 144 Å². The lowest BCUT2D eigenvalue weighted by Crippen LogP contribution is -2.43. The molecule has 0 aromatic heterocycles. The lowest BCUT2D eigenvalue weighted by Gasteiger charge is -2.29. The molecule has 0 spiro atoms. The third-order valence-corrected chi connectivity index (χ3v) is 6.39. The number of anilines is 1. The summed E-state index contributed by atoms with van der Waals surface area (Å²) in [6, 6.07) is 4.89. The molecule has 6 nitrogen and oxygen atoms in total. The van der Waals surface area contributed by atoms with Crippen LogP contribution in [0.2, 0.25) is 0 Å². The summed E-state index contributed by atoms with van der Waals surface area (Å²) in [5.74, 6) is -0.213. The molecule has 24 heavy (non-hydrogen) atoms. The van der Waals surface area contributed by atoms with E-state index in [9.17, 15) is 13.2 Å². The summed E-state index contributed by atoms with van der Waals surface area (Å²) < 4.78 is 27.9. The Morgan fingerprint density at radius 2 is 2.04 bits per heavy atom. The van der Waals surface area contributed by atoms with Gasteiger partial charge >= 0.3 is 0 Å². The topological polar surface area (TPSA) is 69.7 Å². The number of sulfonamides is 1. The maximum atomic E-state index is 13.2. The smallest absolute Gasteiger partial charge is 0.243 e. The van der Waals surface area contributed by atoms with Gasteiger partial charge < -0.3 is 10.2 Å². The van der Waals surface area contributed by atoms with Crippen molar-refractivity contribution in [3.05, 3.63) is 23.8 Å². The highest BCUT2D eigenvalue weighted by Crippen LogP contribution is 2.26. The van der Waals surface area contributed by atoms with Crippen LogP contribution in [0.3, 0.4) is 0 Å². The van der Waals surface area contributed by atoms with Gasteiger partial charge in [-0.3, -0.25) is 4.79 Å². The van der Waals surface area contributed by atoms with Crippen LogP contribution in [0, 0.1) is 6.92 Å². The van der Waals surface area contributed by atoms with Crippen LogP contribution in [0.25, 0.3) is 0 Å². The highest BCUT2D eigenvalue weighted by molar-refractivity contribution is 7.89. The van der Waals surface area contributed by atoms with Crippen LogP contribution in [0.15, 0.2) is 23.1 Å². The van der Waals surface area contributed by atoms with Crippen LogP contribution in [0.1, 0.15) is 32.3 Å². The van der Waals surface area contributed by atoms with E-state index in [-0.39, 0.29) is 16.8 Å². The number of nitrogens with zero attached hydrogens (tertiary/aromatic N) is 2. The second kappa shape index (κ2) is 7.63. The van der Waals surface area contributed by atoms with Gasteiger partial charge in [0.15, 0.2) is 0 Å². The van der Waals surface area contributed by atoms with Gasteiger partial charge in [-0.25, -0.2) is 8.42 Å². The Kier molecular flexibility index (Phi) is 6.01. The summed E-state index contributed by atoms with van der Waals surface area (Å²) in [4.78, 5) is 13.7. The first-order valence-corrected chi connectivity index (χ1v) is 9.78. The monoisotopic (exact) mass is 353 g/mol. The van der Waals surface area contributed by atoms with Crippen molar-refractivity contribution in [2.24, 2.45) is 0 Å². The molecule has 1 fully saturated rings. The van der Waals surface area contributed by atoms with Gasteiger partial charge in [-0.15, -0.1) is 0 Å². The SMILES string of the molecule is CCC1CN(C)CCCN1S(=O)(=O)c1ccc(C)c(NC(C)=O)c1. The molecule has 1 aliphatic heterocycles. The van der Waals surface area contributed by atoms with Gasteiger partial charge in [0.2, 0.25) is 15.9 Å². The molecule has 1 N–H and O–H groups in total. The van der Waals surface area contributed by atoms with Crippen LogP contribution in [0.4, 0.5) is 5.69 Å². The summed E-state index contributed by atoms with van der Waals surface area (Å²) >= 11 is 0. The molecule has 134 valence electrons. The van der Waals surface area contributed by atoms with Crippen molar-refractivity contribution in [1.29, 1.82) is 0 Å². The number of aryl methyl sites for hydroxylation is 1. The Hall–Kier alpha value is -1.44. The minimum absolute atomic E-state index is 0.0342. The number of likely N-dealkylation sites (N-methyl/N-ethyl adjacent to an activating group) is 1. The highest BCUT2D eigenvalue weighted by atomic mass is 32.2. The Balaban J connectivity index is 2.39. The molecular weight excluding hydrogens is 326 g/mol. The number of rotatable bonds is 4. The van der Waals surface area contributed by atoms with Gasteiger partial charge in [0.25, 0.3) is 0 Å². The zero-order chi connectivity index (χ0) is 17.9. The molecule has 1 aromatic carbocycles. The Bertz CT molecular complexity index is 703. The first kappa shape index (κ1) is 18.9. The highest BCUT2D eigenvalue weighted by Gasteiger charge is 2.33. The standard InChI is InChI=1S/C17H27N3O3S/c1-5-15-12-19(4)9-6-10-20(15)24(22,23)16-8-7-13(2)17(11-16)18-14(3)21/h7-8,11,15H,5-6,9-10,12H2,1-4H3,(H,18,21). The number of carbonyl (C=O) groups is 1. The fraction of sp³-hybridized carbons (Fsp3) is 0.588. The van der Waals surface area contributed by atoms with E-state index in [0.29, 0.717) is 12.2 Å². The van der Waals surface area contributed by atoms with Crippen LogP contribution in [-0.2, 0) is 14.8 Å². The van der Waals surface area contributed by atoms with Crippen LogP contribution in [-0.4, -0.2) is 56.3 Å². The molecule has 1 amide bonds. The third kappa shape index (κ3) is 4.15. The summed E-state index contributed by atoms with van der Waals surface area (Å²) in [7, 11) is -1.56. The zero-order valence-electron chi connectivity index (χ0n) is 14.9. The molecule has 1 unspecified atom stereocenters. The van der Waals surface area contributed by atoms with Gasteiger partial charge in [0.1, 0.15) is 0 Å². The predicted octanol–water partition coefficient (Wildman–Crippen LogP) is 2.06. The number of hydrogen-bond acceptors (Lipinski definition) is 4. The van der Waals surface area contributed by atoms with E-state index in [1.165, 1.54) is 6.92 Å². The normalized spacial score (nSPS) is 20.6. The quantitative estimate of drug-likeness (QED) is 0.899. The summed E-state index contributed by atoms with van der Waals surface area (Å²) in [6.45, 7) is 7.43. The van der Waals surface area contributed by atoms with Gasteiger partial charge in [-0.1, -0.05) is 13.0 Å². The minimum Gasteiger partial charge on any atom is -0.326 e. The van der Waals surface area contributed by atoms with E-state index in [4.69, 9.17) is 0 Å². The Morgan fingerprint density at radius 3 is 2.67 bits per heavy atom. The molecule has 1 atom stereocenters. The van der Waals surface area contributed by atoms with E-state index in [1.54, 1.807) is 22.5 Å². The lowest BCUT2D eigenvalue weighted by atomic mass is 10.2. The molecule has 1 saturated heterocycles. The number of carbonyl (C=O) groups excluding carboxylic acids is 1. The molecular formula is C17H27N3O3S. The fourth-order valence-corrected chi connectivity index (χ4v) is 4.85. The van der Waals surface area contributed by atoms with Gasteiger partial charge in [-0.2, -0.15) is 4.31 Å². The second-order valence-corrected chi connectivity index (χ2v) is 8.34. The minimum atomic E-state index is -3.59. The largest absolute Gasteiger partial charge is 0.326 e. The van der Waals surface area contributed by atoms with Crippen molar-refractivity contribution in [1.82, 2.24) is 9.21 Å². The predicted molar refractivity (Wildman–Crippen MR) is 95.6 cm³/mol. The van der Waals surface area contributed by atoms with Crippen molar-refractivity contribution in [2.75, 3.05) is 32.0 Å². The number of benzene rings is 1. The zero-order valence-corrected chi connectivity index (χ0v) is 15.7.